The number of nitrogens with zero attached hydrogens (tertiary/aromatic N) is 2. The van der Waals surface area contributed by atoms with E-state index < -0.39 is 9.84 Å². The number of hydrogen-bond acceptors (Lipinski definition) is 5. The topological polar surface area (TPSA) is 109 Å². The second kappa shape index (κ2) is 5.43. The Bertz CT molecular complexity index is 608. The number of carbonyl (C=O) groups excluding carboxylic acids is 1. The van der Waals surface area contributed by atoms with Gasteiger partial charge in [0.1, 0.15) is 0 Å². The highest BCUT2D eigenvalue weighted by atomic mass is 32.2. The SMILES string of the molecule is CCc1[nH]nc(C(=O)N(CC)C2CCS(=O)(=O)C2)c1N. The molecule has 0 spiro atoms. The fourth-order valence-electron chi connectivity index (χ4n) is 2.54. The molecule has 1 atom stereocenters. The van der Waals surface area contributed by atoms with Crippen LogP contribution >= 0.6 is 0 Å². The highest BCUT2D eigenvalue weighted by molar-refractivity contribution is 7.91. The number of sulfone groups is 1. The highest BCUT2D eigenvalue weighted by Crippen LogP contribution is 2.22. The maximum atomic E-state index is 12.5. The summed E-state index contributed by atoms with van der Waals surface area (Å²) in [4.78, 5) is 14.0. The summed E-state index contributed by atoms with van der Waals surface area (Å²) in [6.45, 7) is 4.18. The van der Waals surface area contributed by atoms with E-state index in [1.54, 1.807) is 4.90 Å². The summed E-state index contributed by atoms with van der Waals surface area (Å²) in [6.07, 6.45) is 1.14. The second-order valence-corrected chi connectivity index (χ2v) is 7.19. The summed E-state index contributed by atoms with van der Waals surface area (Å²) in [5.74, 6) is -0.141. The predicted octanol–water partition coefficient (Wildman–Crippen LogP) is 0.204. The maximum absolute atomic E-state index is 12.5. The largest absolute Gasteiger partial charge is 0.395 e. The number of rotatable bonds is 4. The molecule has 1 aliphatic heterocycles. The van der Waals surface area contributed by atoms with Gasteiger partial charge in [-0.15, -0.1) is 0 Å². The molecule has 112 valence electrons. The van der Waals surface area contributed by atoms with Gasteiger partial charge in [0.25, 0.3) is 5.91 Å². The average molecular weight is 300 g/mol. The molecule has 1 unspecified atom stereocenters. The van der Waals surface area contributed by atoms with E-state index in [9.17, 15) is 13.2 Å². The average Bonchev–Trinajstić information content (AvgIpc) is 2.93. The van der Waals surface area contributed by atoms with Gasteiger partial charge in [-0.2, -0.15) is 5.10 Å². The molecular weight excluding hydrogens is 280 g/mol. The van der Waals surface area contributed by atoms with Gasteiger partial charge in [0.2, 0.25) is 0 Å². The first kappa shape index (κ1) is 14.8. The number of nitrogens with two attached hydrogens (primary N) is 1. The lowest BCUT2D eigenvalue weighted by Crippen LogP contribution is -2.41. The van der Waals surface area contributed by atoms with Crippen molar-refractivity contribution in [2.75, 3.05) is 23.8 Å². The van der Waals surface area contributed by atoms with Crippen LogP contribution in [0.15, 0.2) is 0 Å². The fraction of sp³-hybridized carbons (Fsp3) is 0.667. The summed E-state index contributed by atoms with van der Waals surface area (Å²) in [5, 5.41) is 6.72. The van der Waals surface area contributed by atoms with Crippen molar-refractivity contribution in [3.63, 3.8) is 0 Å². The number of hydrogen-bond donors (Lipinski definition) is 2. The quantitative estimate of drug-likeness (QED) is 0.825. The van der Waals surface area contributed by atoms with Crippen molar-refractivity contribution in [1.29, 1.82) is 0 Å². The molecule has 20 heavy (non-hydrogen) atoms. The van der Waals surface area contributed by atoms with Gasteiger partial charge in [-0.05, 0) is 19.8 Å². The summed E-state index contributed by atoms with van der Waals surface area (Å²) < 4.78 is 23.1. The number of anilines is 1. The lowest BCUT2D eigenvalue weighted by atomic mass is 10.2. The van der Waals surface area contributed by atoms with Crippen molar-refractivity contribution in [3.8, 4) is 0 Å². The van der Waals surface area contributed by atoms with Gasteiger partial charge in [0.15, 0.2) is 15.5 Å². The molecule has 0 saturated carbocycles. The van der Waals surface area contributed by atoms with Gasteiger partial charge in [-0.25, -0.2) is 8.42 Å². The monoisotopic (exact) mass is 300 g/mol. The molecule has 1 amide bonds. The van der Waals surface area contributed by atoms with Crippen LogP contribution in [0, 0.1) is 0 Å². The predicted molar refractivity (Wildman–Crippen MR) is 76.1 cm³/mol. The molecule has 1 saturated heterocycles. The first-order valence-electron chi connectivity index (χ1n) is 6.73. The van der Waals surface area contributed by atoms with Gasteiger partial charge in [0.05, 0.1) is 22.9 Å². The smallest absolute Gasteiger partial charge is 0.276 e. The Labute approximate surface area is 118 Å². The number of amides is 1. The van der Waals surface area contributed by atoms with Gasteiger partial charge in [-0.3, -0.25) is 9.89 Å². The third kappa shape index (κ3) is 2.65. The van der Waals surface area contributed by atoms with E-state index in [-0.39, 0.29) is 29.1 Å². The summed E-state index contributed by atoms with van der Waals surface area (Å²) in [6, 6.07) is -0.279. The van der Waals surface area contributed by atoms with Gasteiger partial charge in [0, 0.05) is 12.6 Å². The maximum Gasteiger partial charge on any atom is 0.276 e. The molecule has 1 aromatic heterocycles. The Balaban J connectivity index is 2.23. The van der Waals surface area contributed by atoms with Crippen molar-refractivity contribution >= 4 is 21.4 Å². The Morgan fingerprint density at radius 2 is 2.20 bits per heavy atom. The zero-order valence-corrected chi connectivity index (χ0v) is 12.5. The Kier molecular flexibility index (Phi) is 4.03. The van der Waals surface area contributed by atoms with Crippen molar-refractivity contribution in [2.24, 2.45) is 0 Å². The molecular formula is C12H20N4O3S. The number of H-pyrrole nitrogens is 1. The zero-order chi connectivity index (χ0) is 14.9. The number of nitrogens with one attached hydrogen (secondary N) is 1. The van der Waals surface area contributed by atoms with Crippen molar-refractivity contribution in [1.82, 2.24) is 15.1 Å². The lowest BCUT2D eigenvalue weighted by molar-refractivity contribution is 0.0703. The molecule has 1 fully saturated rings. The number of aromatic amines is 1. The molecule has 0 bridgehead atoms. The standard InChI is InChI=1S/C12H20N4O3S/c1-3-9-10(13)11(15-14-9)12(17)16(4-2)8-5-6-20(18,19)7-8/h8H,3-7,13H2,1-2H3,(H,14,15). The van der Waals surface area contributed by atoms with E-state index in [1.165, 1.54) is 0 Å². The van der Waals surface area contributed by atoms with Crippen LogP contribution in [0.5, 0.6) is 0 Å². The van der Waals surface area contributed by atoms with Crippen LogP contribution in [0.25, 0.3) is 0 Å². The van der Waals surface area contributed by atoms with E-state index in [2.05, 4.69) is 10.2 Å². The van der Waals surface area contributed by atoms with Crippen molar-refractivity contribution in [3.05, 3.63) is 11.4 Å². The Hall–Kier alpha value is -1.57. The summed E-state index contributed by atoms with van der Waals surface area (Å²) >= 11 is 0. The van der Waals surface area contributed by atoms with Crippen LogP contribution in [0.2, 0.25) is 0 Å². The van der Waals surface area contributed by atoms with Crippen molar-refractivity contribution < 1.29 is 13.2 Å². The molecule has 0 aliphatic carbocycles. The third-order valence-corrected chi connectivity index (χ3v) is 5.44. The van der Waals surface area contributed by atoms with E-state index in [0.29, 0.717) is 25.1 Å². The van der Waals surface area contributed by atoms with E-state index in [1.807, 2.05) is 13.8 Å². The molecule has 1 aliphatic rings. The number of aromatic nitrogens is 2. The van der Waals surface area contributed by atoms with Crippen LogP contribution in [-0.4, -0.2) is 53.5 Å². The minimum absolute atomic E-state index is 0.0253. The molecule has 3 N–H and O–H groups in total. The van der Waals surface area contributed by atoms with Crippen LogP contribution in [-0.2, 0) is 16.3 Å². The minimum atomic E-state index is -3.03. The Morgan fingerprint density at radius 1 is 1.50 bits per heavy atom. The van der Waals surface area contributed by atoms with E-state index >= 15 is 0 Å². The summed E-state index contributed by atoms with van der Waals surface area (Å²) in [7, 11) is -3.03. The lowest BCUT2D eigenvalue weighted by Gasteiger charge is -2.26. The van der Waals surface area contributed by atoms with Crippen LogP contribution in [0.1, 0.15) is 36.5 Å². The van der Waals surface area contributed by atoms with Gasteiger partial charge < -0.3 is 10.6 Å². The first-order chi connectivity index (χ1) is 9.39. The summed E-state index contributed by atoms with van der Waals surface area (Å²) in [5.41, 5.74) is 7.17. The molecule has 8 heteroatoms. The van der Waals surface area contributed by atoms with Gasteiger partial charge >= 0.3 is 0 Å². The number of aryl methyl sites for hydroxylation is 1. The number of carbonyl (C=O) groups is 1. The van der Waals surface area contributed by atoms with Crippen LogP contribution < -0.4 is 5.73 Å². The van der Waals surface area contributed by atoms with Gasteiger partial charge in [-0.1, -0.05) is 6.92 Å². The molecule has 0 radical (unpaired) electrons. The van der Waals surface area contributed by atoms with Crippen LogP contribution in [0.4, 0.5) is 5.69 Å². The van der Waals surface area contributed by atoms with E-state index in [0.717, 1.165) is 5.69 Å². The highest BCUT2D eigenvalue weighted by Gasteiger charge is 2.35. The number of nitrogen functional groups attached to an aromatic ring is 1. The second-order valence-electron chi connectivity index (χ2n) is 4.97. The molecule has 2 heterocycles. The molecule has 7 nitrogen and oxygen atoms in total. The minimum Gasteiger partial charge on any atom is -0.395 e. The van der Waals surface area contributed by atoms with E-state index in [4.69, 9.17) is 5.73 Å². The molecule has 0 aromatic carbocycles. The molecule has 1 aromatic rings. The zero-order valence-electron chi connectivity index (χ0n) is 11.7. The van der Waals surface area contributed by atoms with Crippen LogP contribution in [0.3, 0.4) is 0 Å². The fourth-order valence-corrected chi connectivity index (χ4v) is 4.27. The third-order valence-electron chi connectivity index (χ3n) is 3.69. The normalized spacial score (nSPS) is 21.0. The first-order valence-corrected chi connectivity index (χ1v) is 8.55. The Morgan fingerprint density at radius 3 is 2.65 bits per heavy atom. The van der Waals surface area contributed by atoms with Crippen molar-refractivity contribution in [2.45, 2.75) is 32.7 Å². The molecule has 2 rings (SSSR count).